The summed E-state index contributed by atoms with van der Waals surface area (Å²) in [4.78, 5) is 53.9. The highest BCUT2D eigenvalue weighted by Gasteiger charge is 2.37. The van der Waals surface area contributed by atoms with Crippen molar-refractivity contribution in [2.24, 2.45) is 0 Å². The van der Waals surface area contributed by atoms with E-state index in [2.05, 4.69) is 4.84 Å². The van der Waals surface area contributed by atoms with Crippen molar-refractivity contribution in [1.29, 1.82) is 0 Å². The molecule has 2 atom stereocenters. The lowest BCUT2D eigenvalue weighted by Crippen LogP contribution is -2.43. The quantitative estimate of drug-likeness (QED) is 0.233. The average molecular weight is 640 g/mol. The van der Waals surface area contributed by atoms with Gasteiger partial charge >= 0.3 is 18.2 Å². The monoisotopic (exact) mass is 639 g/mol. The number of halogens is 2. The largest absolute Gasteiger partial charge is 0.442 e. The van der Waals surface area contributed by atoms with Gasteiger partial charge in [0.15, 0.2) is 0 Å². The topological polar surface area (TPSA) is 149 Å². The summed E-state index contributed by atoms with van der Waals surface area (Å²) in [7, 11) is -3.10. The molecule has 1 N–H and O–H groups in total. The zero-order valence-corrected chi connectivity index (χ0v) is 24.8. The van der Waals surface area contributed by atoms with E-state index in [0.29, 0.717) is 23.3 Å². The summed E-state index contributed by atoms with van der Waals surface area (Å²) >= 11 is 5.67. The Morgan fingerprint density at radius 3 is 2.47 bits per heavy atom. The first-order valence-electron chi connectivity index (χ1n) is 13.5. The molecule has 12 nitrogen and oxygen atoms in total. The van der Waals surface area contributed by atoms with Gasteiger partial charge in [0.2, 0.25) is 12.7 Å². The predicted octanol–water partition coefficient (Wildman–Crippen LogP) is 3.28. The van der Waals surface area contributed by atoms with Gasteiger partial charge in [0.05, 0.1) is 30.3 Å². The molecule has 3 amide bonds. The second-order valence-electron chi connectivity index (χ2n) is 10.2. The van der Waals surface area contributed by atoms with Crippen LogP contribution in [0.5, 0.6) is 0 Å². The first-order valence-corrected chi connectivity index (χ1v) is 15.7. The van der Waals surface area contributed by atoms with E-state index in [9.17, 15) is 32.0 Å². The number of anilines is 1. The SMILES string of the molecule is CC(=O)N(C[C@H]1CN(c2ccc(C3CCS(=O)(=O)CC3)c(F)c2)C(=O)O1)C(=O)OCOC(=O)[C@H](Cc1ccccc1)NCl. The van der Waals surface area contributed by atoms with E-state index in [1.807, 2.05) is 6.07 Å². The highest BCUT2D eigenvalue weighted by molar-refractivity contribution is 7.91. The van der Waals surface area contributed by atoms with Crippen LogP contribution >= 0.6 is 11.8 Å². The molecule has 0 radical (unpaired) electrons. The Morgan fingerprint density at radius 2 is 1.84 bits per heavy atom. The molecular weight excluding hydrogens is 609 g/mol. The van der Waals surface area contributed by atoms with E-state index in [4.69, 9.17) is 26.0 Å². The van der Waals surface area contributed by atoms with E-state index >= 15 is 0 Å². The third kappa shape index (κ3) is 8.42. The Kier molecular flexibility index (Phi) is 10.6. The van der Waals surface area contributed by atoms with Gasteiger partial charge in [-0.2, -0.15) is 0 Å². The van der Waals surface area contributed by atoms with Crippen LogP contribution in [-0.4, -0.2) is 80.9 Å². The number of hydrogen-bond donors (Lipinski definition) is 1. The number of benzene rings is 2. The van der Waals surface area contributed by atoms with E-state index in [1.54, 1.807) is 24.3 Å². The lowest BCUT2D eigenvalue weighted by Gasteiger charge is -2.23. The molecule has 0 aliphatic carbocycles. The van der Waals surface area contributed by atoms with Crippen molar-refractivity contribution in [1.82, 2.24) is 9.74 Å². The van der Waals surface area contributed by atoms with Crippen molar-refractivity contribution >= 4 is 51.4 Å². The lowest BCUT2D eigenvalue weighted by molar-refractivity contribution is -0.154. The fraction of sp³-hybridized carbons (Fsp3) is 0.429. The third-order valence-corrected chi connectivity index (χ3v) is 9.21. The summed E-state index contributed by atoms with van der Waals surface area (Å²) in [5.74, 6) is -2.32. The molecule has 2 aromatic carbocycles. The molecule has 232 valence electrons. The summed E-state index contributed by atoms with van der Waals surface area (Å²) in [5.41, 5.74) is 1.40. The van der Waals surface area contributed by atoms with E-state index in [0.717, 1.165) is 12.5 Å². The van der Waals surface area contributed by atoms with Gasteiger partial charge in [-0.15, -0.1) is 0 Å². The molecule has 2 aromatic rings. The number of cyclic esters (lactones) is 1. The Hall–Kier alpha value is -3.75. The van der Waals surface area contributed by atoms with Crippen LogP contribution in [-0.2, 0) is 40.1 Å². The molecule has 0 bridgehead atoms. The molecule has 43 heavy (non-hydrogen) atoms. The number of rotatable bonds is 10. The van der Waals surface area contributed by atoms with Crippen LogP contribution in [0.4, 0.5) is 19.7 Å². The fourth-order valence-electron chi connectivity index (χ4n) is 4.91. The van der Waals surface area contributed by atoms with Crippen molar-refractivity contribution in [2.75, 3.05) is 36.3 Å². The number of ether oxygens (including phenoxy) is 3. The van der Waals surface area contributed by atoms with Crippen LogP contribution in [0.2, 0.25) is 0 Å². The smallest absolute Gasteiger partial charge is 0.419 e. The normalized spacial score (nSPS) is 18.9. The average Bonchev–Trinajstić information content (AvgIpc) is 3.35. The molecule has 2 saturated heterocycles. The molecule has 2 aliphatic rings. The fourth-order valence-corrected chi connectivity index (χ4v) is 6.57. The minimum atomic E-state index is -3.10. The zero-order valence-electron chi connectivity index (χ0n) is 23.2. The van der Waals surface area contributed by atoms with E-state index in [1.165, 1.54) is 23.1 Å². The van der Waals surface area contributed by atoms with Gasteiger partial charge in [0, 0.05) is 6.92 Å². The number of carbonyl (C=O) groups excluding carboxylic acids is 4. The van der Waals surface area contributed by atoms with Crippen LogP contribution in [0, 0.1) is 5.82 Å². The van der Waals surface area contributed by atoms with Gasteiger partial charge in [0.25, 0.3) is 0 Å². The Morgan fingerprint density at radius 1 is 1.14 bits per heavy atom. The molecular formula is C28H31ClFN3O9S. The van der Waals surface area contributed by atoms with Crippen molar-refractivity contribution in [3.63, 3.8) is 0 Å². The number of esters is 1. The second kappa shape index (κ2) is 14.1. The van der Waals surface area contributed by atoms with Gasteiger partial charge in [-0.1, -0.05) is 36.4 Å². The van der Waals surface area contributed by atoms with Gasteiger partial charge in [-0.3, -0.25) is 14.5 Å². The molecule has 15 heteroatoms. The van der Waals surface area contributed by atoms with Crippen molar-refractivity contribution in [2.45, 2.75) is 44.2 Å². The summed E-state index contributed by atoms with van der Waals surface area (Å²) in [5, 5.41) is 0. The number of sulfone groups is 1. The molecule has 0 unspecified atom stereocenters. The Balaban J connectivity index is 1.30. The number of carbonyl (C=O) groups is 4. The minimum Gasteiger partial charge on any atom is -0.442 e. The number of nitrogens with one attached hydrogen (secondary N) is 1. The van der Waals surface area contributed by atoms with E-state index in [-0.39, 0.29) is 42.6 Å². The summed E-state index contributed by atoms with van der Waals surface area (Å²) in [6.45, 7) is -0.130. The van der Waals surface area contributed by atoms with Gasteiger partial charge < -0.3 is 14.2 Å². The highest BCUT2D eigenvalue weighted by Crippen LogP contribution is 2.33. The van der Waals surface area contributed by atoms with Crippen LogP contribution in [0.3, 0.4) is 0 Å². The Labute approximate surface area is 253 Å². The number of nitrogens with zero attached hydrogens (tertiary/aromatic N) is 2. The number of hydrogen-bond acceptors (Lipinski definition) is 10. The van der Waals surface area contributed by atoms with Gasteiger partial charge in [-0.25, -0.2) is 32.1 Å². The van der Waals surface area contributed by atoms with Gasteiger partial charge in [-0.05, 0) is 60.2 Å². The van der Waals surface area contributed by atoms with Crippen LogP contribution in [0.1, 0.15) is 36.8 Å². The van der Waals surface area contributed by atoms with Crippen molar-refractivity contribution < 1.29 is 46.2 Å². The summed E-state index contributed by atoms with van der Waals surface area (Å²) in [6, 6.07) is 12.3. The molecule has 0 aromatic heterocycles. The highest BCUT2D eigenvalue weighted by atomic mass is 35.5. The molecule has 0 saturated carbocycles. The van der Waals surface area contributed by atoms with Crippen molar-refractivity contribution in [3.05, 3.63) is 65.5 Å². The first-order chi connectivity index (χ1) is 20.5. The summed E-state index contributed by atoms with van der Waals surface area (Å²) in [6.07, 6.45) is -2.02. The van der Waals surface area contributed by atoms with E-state index < -0.39 is 58.7 Å². The maximum atomic E-state index is 15.0. The zero-order chi connectivity index (χ0) is 31.1. The maximum Gasteiger partial charge on any atom is 0.419 e. The molecule has 2 heterocycles. The van der Waals surface area contributed by atoms with Crippen LogP contribution in [0.15, 0.2) is 48.5 Å². The molecule has 2 fully saturated rings. The Bertz CT molecular complexity index is 1450. The maximum absolute atomic E-state index is 15.0. The van der Waals surface area contributed by atoms with Crippen molar-refractivity contribution in [3.8, 4) is 0 Å². The standard InChI is InChI=1S/C28H31ClFN3O9S/c1-18(34)32(27(36)41-17-40-26(35)25(31-29)13-19-5-3-2-4-6-19)15-22-16-33(28(37)42-22)21-7-8-23(24(30)14-21)20-9-11-43(38,39)12-10-20/h2-8,14,20,22,25,31H,9-13,15-17H2,1H3/t22-,25-/m0/s1. The van der Waals surface area contributed by atoms with Crippen LogP contribution < -0.4 is 9.74 Å². The van der Waals surface area contributed by atoms with Crippen LogP contribution in [0.25, 0.3) is 0 Å². The predicted molar refractivity (Wildman–Crippen MR) is 152 cm³/mol. The summed E-state index contributed by atoms with van der Waals surface area (Å²) < 4.78 is 53.6. The lowest BCUT2D eigenvalue weighted by atomic mass is 9.93. The molecule has 2 aliphatic heterocycles. The minimum absolute atomic E-state index is 0.00406. The van der Waals surface area contributed by atoms with Gasteiger partial charge in [0.1, 0.15) is 27.8 Å². The third-order valence-electron chi connectivity index (χ3n) is 7.23. The second-order valence-corrected chi connectivity index (χ2v) is 12.7. The number of imide groups is 1. The first kappa shape index (κ1) is 32.2. The number of amides is 3. The molecule has 4 rings (SSSR count). The molecule has 0 spiro atoms.